The second-order valence-electron chi connectivity index (χ2n) is 3.16. The molecule has 0 unspecified atom stereocenters. The SMILES string of the molecule is CC1=CCCCc2ncncc21. The molecule has 62 valence electrons. The molecule has 0 radical (unpaired) electrons. The van der Waals surface area contributed by atoms with Gasteiger partial charge in [-0.05, 0) is 31.8 Å². The largest absolute Gasteiger partial charge is 0.244 e. The highest BCUT2D eigenvalue weighted by atomic mass is 14.8. The molecule has 0 saturated heterocycles. The third kappa shape index (κ3) is 1.24. The summed E-state index contributed by atoms with van der Waals surface area (Å²) in [5.41, 5.74) is 3.76. The van der Waals surface area contributed by atoms with Crippen LogP contribution in [0.5, 0.6) is 0 Å². The average Bonchev–Trinajstić information content (AvgIpc) is 2.29. The van der Waals surface area contributed by atoms with Crippen LogP contribution in [0.2, 0.25) is 0 Å². The number of aromatic nitrogens is 2. The summed E-state index contributed by atoms with van der Waals surface area (Å²) in [6.07, 6.45) is 9.29. The van der Waals surface area contributed by atoms with E-state index in [0.717, 1.165) is 6.42 Å². The van der Waals surface area contributed by atoms with E-state index in [-0.39, 0.29) is 0 Å². The van der Waals surface area contributed by atoms with Gasteiger partial charge in [0.15, 0.2) is 0 Å². The lowest BCUT2D eigenvalue weighted by Crippen LogP contribution is -1.94. The molecule has 0 amide bonds. The second kappa shape index (κ2) is 3.05. The van der Waals surface area contributed by atoms with Crippen LogP contribution in [0.15, 0.2) is 18.6 Å². The van der Waals surface area contributed by atoms with E-state index in [1.165, 1.54) is 29.7 Å². The molecule has 1 aromatic heterocycles. The van der Waals surface area contributed by atoms with Gasteiger partial charge in [0.05, 0.1) is 5.69 Å². The lowest BCUT2D eigenvalue weighted by molar-refractivity contribution is 0.821. The first-order chi connectivity index (χ1) is 5.88. The number of nitrogens with zero attached hydrogens (tertiary/aromatic N) is 2. The molecule has 0 aliphatic heterocycles. The van der Waals surface area contributed by atoms with E-state index in [0.29, 0.717) is 0 Å². The van der Waals surface area contributed by atoms with Crippen molar-refractivity contribution >= 4 is 5.57 Å². The van der Waals surface area contributed by atoms with Crippen molar-refractivity contribution in [2.24, 2.45) is 0 Å². The molecule has 2 rings (SSSR count). The number of rotatable bonds is 0. The van der Waals surface area contributed by atoms with Crippen LogP contribution in [0.4, 0.5) is 0 Å². The molecule has 0 fully saturated rings. The average molecular weight is 160 g/mol. The molecule has 0 aromatic carbocycles. The summed E-state index contributed by atoms with van der Waals surface area (Å²) in [6, 6.07) is 0. The van der Waals surface area contributed by atoms with Gasteiger partial charge in [-0.1, -0.05) is 6.08 Å². The van der Waals surface area contributed by atoms with E-state index in [2.05, 4.69) is 23.0 Å². The Morgan fingerprint density at radius 3 is 3.25 bits per heavy atom. The van der Waals surface area contributed by atoms with Gasteiger partial charge in [0.25, 0.3) is 0 Å². The molecular formula is C10H12N2. The minimum absolute atomic E-state index is 1.09. The van der Waals surface area contributed by atoms with Crippen LogP contribution in [0.1, 0.15) is 31.0 Å². The molecule has 0 bridgehead atoms. The van der Waals surface area contributed by atoms with Crippen molar-refractivity contribution in [1.29, 1.82) is 0 Å². The Hall–Kier alpha value is -1.18. The van der Waals surface area contributed by atoms with Crippen molar-refractivity contribution < 1.29 is 0 Å². The molecule has 2 heteroatoms. The number of hydrogen-bond donors (Lipinski definition) is 0. The van der Waals surface area contributed by atoms with Crippen molar-refractivity contribution in [1.82, 2.24) is 9.97 Å². The van der Waals surface area contributed by atoms with Crippen molar-refractivity contribution in [3.63, 3.8) is 0 Å². The van der Waals surface area contributed by atoms with Gasteiger partial charge >= 0.3 is 0 Å². The highest BCUT2D eigenvalue weighted by Crippen LogP contribution is 2.21. The summed E-state index contributed by atoms with van der Waals surface area (Å²) in [5, 5.41) is 0. The predicted molar refractivity (Wildman–Crippen MR) is 48.6 cm³/mol. The van der Waals surface area contributed by atoms with Gasteiger partial charge in [-0.15, -0.1) is 0 Å². The van der Waals surface area contributed by atoms with Gasteiger partial charge in [0.2, 0.25) is 0 Å². The summed E-state index contributed by atoms with van der Waals surface area (Å²) in [7, 11) is 0. The Morgan fingerprint density at radius 2 is 2.33 bits per heavy atom. The first-order valence-electron chi connectivity index (χ1n) is 4.34. The van der Waals surface area contributed by atoms with E-state index >= 15 is 0 Å². The smallest absolute Gasteiger partial charge is 0.115 e. The van der Waals surface area contributed by atoms with Crippen LogP contribution >= 0.6 is 0 Å². The van der Waals surface area contributed by atoms with E-state index < -0.39 is 0 Å². The first kappa shape index (κ1) is 7.47. The molecular weight excluding hydrogens is 148 g/mol. The Labute approximate surface area is 72.4 Å². The Kier molecular flexibility index (Phi) is 1.90. The van der Waals surface area contributed by atoms with Crippen molar-refractivity contribution in [2.75, 3.05) is 0 Å². The predicted octanol–water partition coefficient (Wildman–Crippen LogP) is 2.22. The van der Waals surface area contributed by atoms with Gasteiger partial charge in [-0.3, -0.25) is 0 Å². The zero-order valence-electron chi connectivity index (χ0n) is 7.25. The zero-order chi connectivity index (χ0) is 8.39. The first-order valence-corrected chi connectivity index (χ1v) is 4.34. The molecule has 0 atom stereocenters. The third-order valence-corrected chi connectivity index (χ3v) is 2.29. The fourth-order valence-corrected chi connectivity index (χ4v) is 1.58. The summed E-state index contributed by atoms with van der Waals surface area (Å²) in [4.78, 5) is 8.32. The molecule has 1 aliphatic carbocycles. The van der Waals surface area contributed by atoms with Crippen molar-refractivity contribution in [2.45, 2.75) is 26.2 Å². The maximum Gasteiger partial charge on any atom is 0.115 e. The quantitative estimate of drug-likeness (QED) is 0.581. The summed E-state index contributed by atoms with van der Waals surface area (Å²) in [6.45, 7) is 2.13. The van der Waals surface area contributed by atoms with Crippen LogP contribution in [-0.2, 0) is 6.42 Å². The van der Waals surface area contributed by atoms with Crippen LogP contribution in [0, 0.1) is 0 Å². The summed E-state index contributed by atoms with van der Waals surface area (Å²) >= 11 is 0. The van der Waals surface area contributed by atoms with Crippen molar-refractivity contribution in [3.8, 4) is 0 Å². The van der Waals surface area contributed by atoms with E-state index in [4.69, 9.17) is 0 Å². The highest BCUT2D eigenvalue weighted by molar-refractivity contribution is 5.65. The maximum absolute atomic E-state index is 4.28. The van der Waals surface area contributed by atoms with Gasteiger partial charge in [-0.25, -0.2) is 9.97 Å². The fraction of sp³-hybridized carbons (Fsp3) is 0.400. The minimum Gasteiger partial charge on any atom is -0.244 e. The molecule has 0 saturated carbocycles. The fourth-order valence-electron chi connectivity index (χ4n) is 1.58. The molecule has 2 nitrogen and oxygen atoms in total. The van der Waals surface area contributed by atoms with Crippen molar-refractivity contribution in [3.05, 3.63) is 29.9 Å². The number of allylic oxidation sites excluding steroid dienone is 2. The van der Waals surface area contributed by atoms with Crippen LogP contribution in [0.25, 0.3) is 5.57 Å². The van der Waals surface area contributed by atoms with Gasteiger partial charge in [0, 0.05) is 11.8 Å². The molecule has 12 heavy (non-hydrogen) atoms. The number of aryl methyl sites for hydroxylation is 1. The minimum atomic E-state index is 1.09. The second-order valence-corrected chi connectivity index (χ2v) is 3.16. The third-order valence-electron chi connectivity index (χ3n) is 2.29. The van der Waals surface area contributed by atoms with Gasteiger partial charge in [0.1, 0.15) is 6.33 Å². The molecule has 1 heterocycles. The van der Waals surface area contributed by atoms with Gasteiger partial charge in [-0.2, -0.15) is 0 Å². The van der Waals surface area contributed by atoms with E-state index in [1.54, 1.807) is 6.33 Å². The molecule has 0 N–H and O–H groups in total. The molecule has 1 aromatic rings. The molecule has 0 spiro atoms. The monoisotopic (exact) mass is 160 g/mol. The maximum atomic E-state index is 4.28. The van der Waals surface area contributed by atoms with Crippen LogP contribution in [0.3, 0.4) is 0 Å². The normalized spacial score (nSPS) is 16.2. The summed E-state index contributed by atoms with van der Waals surface area (Å²) in [5.74, 6) is 0. The standard InChI is InChI=1S/C10H12N2/c1-8-4-2-3-5-10-9(8)6-11-7-12-10/h4,6-7H,2-3,5H2,1H3. The zero-order valence-corrected chi connectivity index (χ0v) is 7.25. The van der Waals surface area contributed by atoms with Gasteiger partial charge < -0.3 is 0 Å². The Balaban J connectivity index is 2.51. The topological polar surface area (TPSA) is 25.8 Å². The number of fused-ring (bicyclic) bond motifs is 1. The number of hydrogen-bond acceptors (Lipinski definition) is 2. The summed E-state index contributed by atoms with van der Waals surface area (Å²) < 4.78 is 0. The molecule has 1 aliphatic rings. The Morgan fingerprint density at radius 1 is 1.42 bits per heavy atom. The Bertz CT molecular complexity index is 315. The lowest BCUT2D eigenvalue weighted by Gasteiger charge is -2.02. The van der Waals surface area contributed by atoms with E-state index in [1.807, 2.05) is 6.20 Å². The lowest BCUT2D eigenvalue weighted by atomic mass is 10.1. The van der Waals surface area contributed by atoms with E-state index in [9.17, 15) is 0 Å². The highest BCUT2D eigenvalue weighted by Gasteiger charge is 2.08. The van der Waals surface area contributed by atoms with Crippen LogP contribution in [-0.4, -0.2) is 9.97 Å². The van der Waals surface area contributed by atoms with Crippen LogP contribution < -0.4 is 0 Å².